The summed E-state index contributed by atoms with van der Waals surface area (Å²) in [6.45, 7) is 0.608. The van der Waals surface area contributed by atoms with E-state index in [0.29, 0.717) is 6.47 Å². The third kappa shape index (κ3) is 1.85. The number of amides is 1. The molecule has 0 heterocycles. The SMILES string of the molecule is O=[C]OC(=O)[N+](=O)[O-]. The first-order chi connectivity index (χ1) is 3.68. The van der Waals surface area contributed by atoms with Crippen molar-refractivity contribution in [3.05, 3.63) is 10.1 Å². The van der Waals surface area contributed by atoms with Gasteiger partial charge in [-0.05, 0) is 0 Å². The lowest BCUT2D eigenvalue weighted by Gasteiger charge is -1.78. The Hall–Kier alpha value is -1.46. The highest BCUT2D eigenvalue weighted by atomic mass is 16.7. The Balaban J connectivity index is 3.65. The summed E-state index contributed by atoms with van der Waals surface area (Å²) in [6.07, 6.45) is -1.82. The molecule has 0 atom stereocenters. The molecular formula is C2NO5. The number of carbonyl (C=O) groups is 1. The van der Waals surface area contributed by atoms with Crippen molar-refractivity contribution in [3.8, 4) is 0 Å². The highest BCUT2D eigenvalue weighted by Gasteiger charge is 2.16. The number of nitrogens with zero attached hydrogens (tertiary/aromatic N) is 1. The highest BCUT2D eigenvalue weighted by Crippen LogP contribution is 1.75. The molecule has 0 bridgehead atoms. The van der Waals surface area contributed by atoms with E-state index >= 15 is 0 Å². The van der Waals surface area contributed by atoms with Crippen molar-refractivity contribution in [2.24, 2.45) is 0 Å². The minimum Gasteiger partial charge on any atom is -0.324 e. The van der Waals surface area contributed by atoms with Crippen molar-refractivity contribution < 1.29 is 19.2 Å². The predicted octanol–water partition coefficient (Wildman–Crippen LogP) is -0.533. The van der Waals surface area contributed by atoms with Gasteiger partial charge in [-0.2, -0.15) is 4.79 Å². The summed E-state index contributed by atoms with van der Waals surface area (Å²) in [7, 11) is 0. The second-order valence-corrected chi connectivity index (χ2v) is 0.708. The lowest BCUT2D eigenvalue weighted by atomic mass is 11.2. The standard InChI is InChI=1S/C2NO5/c4-1-8-2(5)3(6)7. The minimum absolute atomic E-state index is 0.608. The molecule has 0 aliphatic rings. The molecule has 0 aliphatic heterocycles. The molecule has 6 nitrogen and oxygen atoms in total. The summed E-state index contributed by atoms with van der Waals surface area (Å²) in [5.74, 6) is 0. The van der Waals surface area contributed by atoms with Gasteiger partial charge < -0.3 is 4.74 Å². The summed E-state index contributed by atoms with van der Waals surface area (Å²) >= 11 is 0. The smallest absolute Gasteiger partial charge is 0.324 e. The average Bonchev–Trinajstić information content (AvgIpc) is 1.67. The van der Waals surface area contributed by atoms with Crippen LogP contribution in [0.5, 0.6) is 0 Å². The topological polar surface area (TPSA) is 86.5 Å². The first-order valence-electron chi connectivity index (χ1n) is 1.41. The molecule has 0 saturated heterocycles. The summed E-state index contributed by atoms with van der Waals surface area (Å²) in [5, 5.41) is 9.24. The summed E-state index contributed by atoms with van der Waals surface area (Å²) in [4.78, 5) is 26.5. The molecule has 0 aromatic rings. The van der Waals surface area contributed by atoms with Gasteiger partial charge >= 0.3 is 12.6 Å². The lowest BCUT2D eigenvalue weighted by molar-refractivity contribution is -0.390. The molecule has 8 heavy (non-hydrogen) atoms. The van der Waals surface area contributed by atoms with Crippen LogP contribution in [-0.4, -0.2) is 17.5 Å². The maximum atomic E-state index is 9.56. The molecule has 0 fully saturated rings. The fourth-order valence-corrected chi connectivity index (χ4v) is 0.0729. The molecule has 6 heteroatoms. The maximum Gasteiger partial charge on any atom is 0.665 e. The fourth-order valence-electron chi connectivity index (χ4n) is 0.0729. The van der Waals surface area contributed by atoms with Gasteiger partial charge in [-0.1, -0.05) is 0 Å². The number of nitro groups is 1. The molecule has 0 N–H and O–H groups in total. The number of rotatable bonds is 1. The fraction of sp³-hybridized carbons (Fsp3) is 0. The summed E-state index contributed by atoms with van der Waals surface area (Å²) in [5.41, 5.74) is 0. The van der Waals surface area contributed by atoms with Crippen molar-refractivity contribution in [2.45, 2.75) is 0 Å². The van der Waals surface area contributed by atoms with Crippen LogP contribution in [0.15, 0.2) is 0 Å². The molecule has 0 rings (SSSR count). The van der Waals surface area contributed by atoms with Crippen LogP contribution in [-0.2, 0) is 9.53 Å². The van der Waals surface area contributed by atoms with E-state index in [2.05, 4.69) is 4.74 Å². The summed E-state index contributed by atoms with van der Waals surface area (Å²) in [6, 6.07) is 0. The van der Waals surface area contributed by atoms with E-state index in [4.69, 9.17) is 4.79 Å². The molecule has 0 saturated carbocycles. The molecule has 0 spiro atoms. The lowest BCUT2D eigenvalue weighted by Crippen LogP contribution is -2.11. The predicted molar refractivity (Wildman–Crippen MR) is 19.2 cm³/mol. The van der Waals surface area contributed by atoms with Gasteiger partial charge in [0.15, 0.2) is 0 Å². The number of carbonyl (C=O) groups excluding carboxylic acids is 2. The molecule has 0 aromatic heterocycles. The molecule has 43 valence electrons. The van der Waals surface area contributed by atoms with Crippen LogP contribution in [0, 0.1) is 10.1 Å². The molecule has 1 radical (unpaired) electrons. The highest BCUT2D eigenvalue weighted by molar-refractivity contribution is 5.67. The first kappa shape index (κ1) is 6.54. The number of ether oxygens (including phenoxy) is 1. The Kier molecular flexibility index (Phi) is 2.18. The second-order valence-electron chi connectivity index (χ2n) is 0.708. The third-order valence-corrected chi connectivity index (χ3v) is 0.278. The van der Waals surface area contributed by atoms with E-state index in [1.54, 1.807) is 0 Å². The maximum absolute atomic E-state index is 9.56. The van der Waals surface area contributed by atoms with Crippen molar-refractivity contribution in [3.63, 3.8) is 0 Å². The van der Waals surface area contributed by atoms with Crippen molar-refractivity contribution in [2.75, 3.05) is 0 Å². The molecule has 1 amide bonds. The number of hydrogen-bond acceptors (Lipinski definition) is 5. The zero-order chi connectivity index (χ0) is 6.57. The van der Waals surface area contributed by atoms with Gasteiger partial charge in [0.05, 0.1) is 0 Å². The van der Waals surface area contributed by atoms with Crippen molar-refractivity contribution in [1.82, 2.24) is 0 Å². The molecular weight excluding hydrogens is 118 g/mol. The van der Waals surface area contributed by atoms with Crippen LogP contribution in [0.4, 0.5) is 4.79 Å². The van der Waals surface area contributed by atoms with Crippen LogP contribution < -0.4 is 0 Å². The summed E-state index contributed by atoms with van der Waals surface area (Å²) < 4.78 is 3.16. The van der Waals surface area contributed by atoms with Crippen LogP contribution >= 0.6 is 0 Å². The van der Waals surface area contributed by atoms with Gasteiger partial charge in [0.1, 0.15) is 4.92 Å². The number of hydrogen-bond donors (Lipinski definition) is 0. The van der Waals surface area contributed by atoms with Crippen LogP contribution in [0.1, 0.15) is 0 Å². The molecule has 0 aromatic carbocycles. The minimum atomic E-state index is -1.82. The Morgan fingerprint density at radius 1 is 1.75 bits per heavy atom. The van der Waals surface area contributed by atoms with Crippen molar-refractivity contribution in [1.29, 1.82) is 0 Å². The quantitative estimate of drug-likeness (QED) is 0.262. The van der Waals surface area contributed by atoms with Crippen LogP contribution in [0.3, 0.4) is 0 Å². The first-order valence-corrected chi connectivity index (χ1v) is 1.41. The third-order valence-electron chi connectivity index (χ3n) is 0.278. The zero-order valence-corrected chi connectivity index (χ0v) is 3.49. The molecule has 0 unspecified atom stereocenters. The van der Waals surface area contributed by atoms with Gasteiger partial charge in [-0.25, -0.2) is 4.79 Å². The van der Waals surface area contributed by atoms with Gasteiger partial charge in [-0.15, -0.1) is 0 Å². The average molecular weight is 118 g/mol. The monoisotopic (exact) mass is 118 g/mol. The van der Waals surface area contributed by atoms with E-state index < -0.39 is 11.0 Å². The van der Waals surface area contributed by atoms with Gasteiger partial charge in [-0.3, -0.25) is 10.1 Å². The van der Waals surface area contributed by atoms with Crippen LogP contribution in [0.25, 0.3) is 0 Å². The van der Waals surface area contributed by atoms with Gasteiger partial charge in [0.25, 0.3) is 0 Å². The van der Waals surface area contributed by atoms with E-state index in [9.17, 15) is 14.9 Å². The van der Waals surface area contributed by atoms with Gasteiger partial charge in [0.2, 0.25) is 0 Å². The largest absolute Gasteiger partial charge is 0.665 e. The Morgan fingerprint density at radius 2 is 2.25 bits per heavy atom. The Labute approximate surface area is 43.2 Å². The Morgan fingerprint density at radius 3 is 2.38 bits per heavy atom. The zero-order valence-electron chi connectivity index (χ0n) is 3.49. The van der Waals surface area contributed by atoms with Crippen LogP contribution in [0.2, 0.25) is 0 Å². The van der Waals surface area contributed by atoms with E-state index in [-0.39, 0.29) is 0 Å². The van der Waals surface area contributed by atoms with E-state index in [0.717, 1.165) is 0 Å². The van der Waals surface area contributed by atoms with Gasteiger partial charge in [0, 0.05) is 0 Å². The van der Waals surface area contributed by atoms with E-state index in [1.807, 2.05) is 0 Å². The normalized spacial score (nSPS) is 7.50. The Bertz CT molecular complexity index is 128. The molecule has 0 aliphatic carbocycles. The van der Waals surface area contributed by atoms with E-state index in [1.165, 1.54) is 0 Å². The van der Waals surface area contributed by atoms with Crippen molar-refractivity contribution >= 4 is 12.6 Å². The second kappa shape index (κ2) is 2.67.